The van der Waals surface area contributed by atoms with Gasteiger partial charge in [0.1, 0.15) is 12.2 Å². The molecule has 2 bridgehead atoms. The van der Waals surface area contributed by atoms with Gasteiger partial charge in [-0.1, -0.05) is 6.58 Å². The largest absolute Gasteiger partial charge is 0.463 e. The minimum absolute atomic E-state index is 0.00302. The Morgan fingerprint density at radius 1 is 1.38 bits per heavy atom. The Hall–Kier alpha value is -2.36. The number of nitriles is 1. The molecule has 3 aliphatic rings. The van der Waals surface area contributed by atoms with E-state index >= 15 is 0 Å². The lowest BCUT2D eigenvalue weighted by Gasteiger charge is -2.28. The Balaban J connectivity index is 1.46. The van der Waals surface area contributed by atoms with Crippen LogP contribution in [0.2, 0.25) is 0 Å². The summed E-state index contributed by atoms with van der Waals surface area (Å²) in [7, 11) is 0. The number of nitrogens with zero attached hydrogens (tertiary/aromatic N) is 1. The van der Waals surface area contributed by atoms with Gasteiger partial charge in [-0.2, -0.15) is 5.26 Å². The molecule has 1 saturated heterocycles. The zero-order valence-electron chi connectivity index (χ0n) is 13.2. The molecule has 2 aliphatic carbocycles. The van der Waals surface area contributed by atoms with Crippen molar-refractivity contribution in [1.82, 2.24) is 0 Å². The van der Waals surface area contributed by atoms with Crippen molar-refractivity contribution in [2.45, 2.75) is 37.9 Å². The summed E-state index contributed by atoms with van der Waals surface area (Å²) in [4.78, 5) is 34.7. The van der Waals surface area contributed by atoms with E-state index in [2.05, 4.69) is 12.6 Å². The molecule has 6 unspecified atom stereocenters. The Bertz CT molecular complexity index is 609. The summed E-state index contributed by atoms with van der Waals surface area (Å²) < 4.78 is 15.7. The normalized spacial score (nSPS) is 35.2. The minimum atomic E-state index is -0.506. The van der Waals surface area contributed by atoms with E-state index < -0.39 is 24.1 Å². The fourth-order valence-corrected chi connectivity index (χ4v) is 4.14. The van der Waals surface area contributed by atoms with Crippen LogP contribution in [0.25, 0.3) is 0 Å². The molecule has 0 amide bonds. The third-order valence-electron chi connectivity index (χ3n) is 5.15. The zero-order chi connectivity index (χ0) is 17.3. The van der Waals surface area contributed by atoms with Gasteiger partial charge >= 0.3 is 17.9 Å². The molecule has 7 nitrogen and oxygen atoms in total. The summed E-state index contributed by atoms with van der Waals surface area (Å²) in [5, 5.41) is 9.30. The molecule has 0 aromatic carbocycles. The Morgan fingerprint density at radius 2 is 2.17 bits per heavy atom. The van der Waals surface area contributed by atoms with E-state index in [9.17, 15) is 19.6 Å². The maximum atomic E-state index is 12.0. The van der Waals surface area contributed by atoms with Gasteiger partial charge in [-0.3, -0.25) is 9.59 Å². The topological polar surface area (TPSA) is 103 Å². The second-order valence-corrected chi connectivity index (χ2v) is 6.43. The molecule has 0 aromatic rings. The van der Waals surface area contributed by atoms with Gasteiger partial charge in [0, 0.05) is 24.3 Å². The van der Waals surface area contributed by atoms with E-state index in [1.165, 1.54) is 0 Å². The summed E-state index contributed by atoms with van der Waals surface area (Å²) in [6.07, 6.45) is 2.16. The lowest BCUT2D eigenvalue weighted by Crippen LogP contribution is -2.40. The molecule has 7 heteroatoms. The van der Waals surface area contributed by atoms with E-state index in [-0.39, 0.29) is 42.7 Å². The molecule has 3 rings (SSSR count). The molecule has 0 aromatic heterocycles. The van der Waals surface area contributed by atoms with Gasteiger partial charge in [-0.05, 0) is 19.3 Å². The lowest BCUT2D eigenvalue weighted by atomic mass is 9.79. The highest BCUT2D eigenvalue weighted by atomic mass is 16.6. The average Bonchev–Trinajstić information content (AvgIpc) is 3.17. The molecule has 3 fully saturated rings. The molecule has 0 N–H and O–H groups in total. The third kappa shape index (κ3) is 2.77. The summed E-state index contributed by atoms with van der Waals surface area (Å²) in [5.41, 5.74) is 0. The van der Waals surface area contributed by atoms with E-state index in [0.29, 0.717) is 19.3 Å². The highest BCUT2D eigenvalue weighted by molar-refractivity contribution is 5.81. The maximum Gasteiger partial charge on any atom is 0.330 e. The van der Waals surface area contributed by atoms with Crippen LogP contribution in [0.5, 0.6) is 0 Å². The predicted octanol–water partition coefficient (Wildman–Crippen LogP) is 1.13. The molecule has 128 valence electrons. The number of ether oxygens (including phenoxy) is 3. The Labute approximate surface area is 139 Å². The van der Waals surface area contributed by atoms with Crippen molar-refractivity contribution in [3.8, 4) is 6.07 Å². The quantitative estimate of drug-likeness (QED) is 0.298. The molecule has 0 spiro atoms. The van der Waals surface area contributed by atoms with Crippen molar-refractivity contribution in [2.24, 2.45) is 23.7 Å². The van der Waals surface area contributed by atoms with Crippen LogP contribution in [0.15, 0.2) is 12.7 Å². The smallest absolute Gasteiger partial charge is 0.330 e. The highest BCUT2D eigenvalue weighted by Gasteiger charge is 2.68. The van der Waals surface area contributed by atoms with Crippen LogP contribution >= 0.6 is 0 Å². The first-order valence-electron chi connectivity index (χ1n) is 8.15. The van der Waals surface area contributed by atoms with Crippen molar-refractivity contribution in [3.63, 3.8) is 0 Å². The molecule has 1 heterocycles. The second-order valence-electron chi connectivity index (χ2n) is 6.43. The Kier molecular flexibility index (Phi) is 4.56. The average molecular weight is 333 g/mol. The van der Waals surface area contributed by atoms with Crippen LogP contribution in [0, 0.1) is 35.0 Å². The van der Waals surface area contributed by atoms with Crippen molar-refractivity contribution < 1.29 is 28.6 Å². The van der Waals surface area contributed by atoms with Gasteiger partial charge in [0.2, 0.25) is 0 Å². The number of carbonyl (C=O) groups excluding carboxylic acids is 3. The molecule has 2 saturated carbocycles. The van der Waals surface area contributed by atoms with Crippen LogP contribution in [0.4, 0.5) is 0 Å². The van der Waals surface area contributed by atoms with Gasteiger partial charge in [0.25, 0.3) is 0 Å². The number of hydrogen-bond acceptors (Lipinski definition) is 7. The van der Waals surface area contributed by atoms with E-state index in [1.807, 2.05) is 0 Å². The van der Waals surface area contributed by atoms with Crippen molar-refractivity contribution in [3.05, 3.63) is 12.7 Å². The van der Waals surface area contributed by atoms with Gasteiger partial charge in [-0.15, -0.1) is 0 Å². The number of carbonyl (C=O) groups is 3. The number of rotatable bonds is 7. The standard InChI is InChI=1S/C17H19NO6/c1-2-12(19)22-6-4-3-5-13(20)23-15-9-7-10-14(11(9)8-18)17(21)24-16(10)15/h2,9-11,14-16H,1,3-7H2. The van der Waals surface area contributed by atoms with Gasteiger partial charge in [0.15, 0.2) is 0 Å². The molecule has 24 heavy (non-hydrogen) atoms. The molecular formula is C17H19NO6. The fourth-order valence-electron chi connectivity index (χ4n) is 4.14. The number of esters is 3. The first kappa shape index (κ1) is 16.5. The summed E-state index contributed by atoms with van der Waals surface area (Å²) >= 11 is 0. The summed E-state index contributed by atoms with van der Waals surface area (Å²) in [6, 6.07) is 2.18. The number of fused-ring (bicyclic) bond motifs is 1. The third-order valence-corrected chi connectivity index (χ3v) is 5.15. The summed E-state index contributed by atoms with van der Waals surface area (Å²) in [6.45, 7) is 3.52. The van der Waals surface area contributed by atoms with Gasteiger partial charge in [-0.25, -0.2) is 4.79 Å². The van der Waals surface area contributed by atoms with Crippen LogP contribution in [0.1, 0.15) is 25.7 Å². The first-order valence-corrected chi connectivity index (χ1v) is 8.15. The van der Waals surface area contributed by atoms with Crippen LogP contribution in [-0.4, -0.2) is 36.7 Å². The van der Waals surface area contributed by atoms with E-state index in [0.717, 1.165) is 6.08 Å². The molecule has 6 atom stereocenters. The maximum absolute atomic E-state index is 12.0. The molecular weight excluding hydrogens is 314 g/mol. The van der Waals surface area contributed by atoms with E-state index in [1.54, 1.807) is 0 Å². The Morgan fingerprint density at radius 3 is 2.88 bits per heavy atom. The molecule has 0 radical (unpaired) electrons. The monoisotopic (exact) mass is 333 g/mol. The van der Waals surface area contributed by atoms with Crippen molar-refractivity contribution in [2.75, 3.05) is 6.61 Å². The van der Waals surface area contributed by atoms with E-state index in [4.69, 9.17) is 14.2 Å². The highest BCUT2D eigenvalue weighted by Crippen LogP contribution is 2.58. The fraction of sp³-hybridized carbons (Fsp3) is 0.647. The summed E-state index contributed by atoms with van der Waals surface area (Å²) in [5.74, 6) is -2.07. The second kappa shape index (κ2) is 6.63. The molecule has 1 aliphatic heterocycles. The number of hydrogen-bond donors (Lipinski definition) is 0. The number of unbranched alkanes of at least 4 members (excludes halogenated alkanes) is 1. The van der Waals surface area contributed by atoms with Gasteiger partial charge < -0.3 is 14.2 Å². The van der Waals surface area contributed by atoms with Gasteiger partial charge in [0.05, 0.1) is 24.5 Å². The van der Waals surface area contributed by atoms with Crippen LogP contribution in [-0.2, 0) is 28.6 Å². The zero-order valence-corrected chi connectivity index (χ0v) is 13.2. The first-order chi connectivity index (χ1) is 11.6. The van der Waals surface area contributed by atoms with Crippen LogP contribution < -0.4 is 0 Å². The van der Waals surface area contributed by atoms with Crippen molar-refractivity contribution in [1.29, 1.82) is 5.26 Å². The van der Waals surface area contributed by atoms with Crippen molar-refractivity contribution >= 4 is 17.9 Å². The van der Waals surface area contributed by atoms with Crippen LogP contribution in [0.3, 0.4) is 0 Å². The predicted molar refractivity (Wildman–Crippen MR) is 79.0 cm³/mol. The SMILES string of the molecule is C=CC(=O)OCCCCC(=O)OC1C2CC3C1OC(=O)C3C2C#N. The lowest BCUT2D eigenvalue weighted by molar-refractivity contribution is -0.162. The minimum Gasteiger partial charge on any atom is -0.463 e.